The van der Waals surface area contributed by atoms with Gasteiger partial charge in [0.1, 0.15) is 11.3 Å². The summed E-state index contributed by atoms with van der Waals surface area (Å²) in [5, 5.41) is 0.668. The van der Waals surface area contributed by atoms with Gasteiger partial charge in [-0.2, -0.15) is 0 Å². The molecule has 4 aromatic rings. The van der Waals surface area contributed by atoms with Crippen LogP contribution >= 0.6 is 11.3 Å². The van der Waals surface area contributed by atoms with E-state index < -0.39 is 0 Å². The molecule has 0 saturated heterocycles. The first kappa shape index (κ1) is 21.0. The Hall–Kier alpha value is -3.25. The van der Waals surface area contributed by atoms with Crippen molar-refractivity contribution >= 4 is 32.6 Å². The summed E-state index contributed by atoms with van der Waals surface area (Å²) < 4.78 is 6.54. The summed E-state index contributed by atoms with van der Waals surface area (Å²) in [7, 11) is 1.64. The van der Waals surface area contributed by atoms with Crippen molar-refractivity contribution in [2.75, 3.05) is 12.0 Å². The lowest BCUT2D eigenvalue weighted by Crippen LogP contribution is -2.32. The van der Waals surface area contributed by atoms with Crippen LogP contribution in [0.5, 0.6) is 5.75 Å². The molecular weight excluding hydrogens is 406 g/mol. The summed E-state index contributed by atoms with van der Waals surface area (Å²) in [4.78, 5) is 24.3. The third-order valence-electron chi connectivity index (χ3n) is 5.35. The molecule has 158 valence electrons. The molecule has 0 bridgehead atoms. The Labute approximate surface area is 186 Å². The standard InChI is InChI=1S/C25H25N3O2S/c1-16-7-9-20(18(3)12-16)13-22(29)28(15-19-6-5-11-26-14-19)25-27-23-21(30-4)10-8-17(2)24(23)31-25/h5-12,14H,13,15H2,1-4H3. The number of methoxy groups -OCH3 is 1. The molecule has 0 spiro atoms. The maximum absolute atomic E-state index is 13.5. The summed E-state index contributed by atoms with van der Waals surface area (Å²) >= 11 is 1.52. The Morgan fingerprint density at radius 2 is 1.94 bits per heavy atom. The number of thiazole rings is 1. The minimum Gasteiger partial charge on any atom is -0.494 e. The van der Waals surface area contributed by atoms with Crippen LogP contribution in [0.2, 0.25) is 0 Å². The van der Waals surface area contributed by atoms with Crippen LogP contribution in [0, 0.1) is 20.8 Å². The lowest BCUT2D eigenvalue weighted by molar-refractivity contribution is -0.118. The zero-order valence-corrected chi connectivity index (χ0v) is 19.0. The number of anilines is 1. The van der Waals surface area contributed by atoms with Crippen molar-refractivity contribution in [3.63, 3.8) is 0 Å². The number of aromatic nitrogens is 2. The van der Waals surface area contributed by atoms with Gasteiger partial charge in [0, 0.05) is 12.4 Å². The number of pyridine rings is 1. The first-order valence-corrected chi connectivity index (χ1v) is 11.0. The number of carbonyl (C=O) groups excluding carboxylic acids is 1. The van der Waals surface area contributed by atoms with Crippen LogP contribution in [0.4, 0.5) is 5.13 Å². The van der Waals surface area contributed by atoms with Crippen molar-refractivity contribution in [3.05, 3.63) is 82.7 Å². The summed E-state index contributed by atoms with van der Waals surface area (Å²) in [6.07, 6.45) is 3.84. The maximum Gasteiger partial charge on any atom is 0.233 e. The largest absolute Gasteiger partial charge is 0.494 e. The number of hydrogen-bond donors (Lipinski definition) is 0. The third-order valence-corrected chi connectivity index (χ3v) is 6.56. The number of amides is 1. The second kappa shape index (κ2) is 8.86. The Balaban J connectivity index is 1.74. The predicted octanol–water partition coefficient (Wildman–Crippen LogP) is 5.40. The molecule has 0 aliphatic rings. The molecule has 0 fully saturated rings. The van der Waals surface area contributed by atoms with E-state index in [1.807, 2.05) is 50.2 Å². The van der Waals surface area contributed by atoms with Crippen molar-refractivity contribution in [2.45, 2.75) is 33.7 Å². The van der Waals surface area contributed by atoms with Gasteiger partial charge in [0.25, 0.3) is 0 Å². The van der Waals surface area contributed by atoms with E-state index in [1.54, 1.807) is 24.4 Å². The SMILES string of the molecule is COc1ccc(C)c2sc(N(Cc3cccnc3)C(=O)Cc3ccc(C)cc3C)nc12. The van der Waals surface area contributed by atoms with E-state index in [0.29, 0.717) is 23.8 Å². The number of carbonyl (C=O) groups is 1. The first-order valence-electron chi connectivity index (χ1n) is 10.2. The van der Waals surface area contributed by atoms with Crippen LogP contribution in [0.3, 0.4) is 0 Å². The minimum absolute atomic E-state index is 0.00600. The van der Waals surface area contributed by atoms with Crippen LogP contribution in [0.25, 0.3) is 10.2 Å². The second-order valence-electron chi connectivity index (χ2n) is 7.71. The highest BCUT2D eigenvalue weighted by atomic mass is 32.1. The molecule has 0 radical (unpaired) electrons. The van der Waals surface area contributed by atoms with Crippen molar-refractivity contribution in [2.24, 2.45) is 0 Å². The molecule has 0 aliphatic heterocycles. The van der Waals surface area contributed by atoms with Crippen LogP contribution < -0.4 is 9.64 Å². The summed E-state index contributed by atoms with van der Waals surface area (Å²) in [5.74, 6) is 0.720. The Morgan fingerprint density at radius 1 is 1.10 bits per heavy atom. The zero-order chi connectivity index (χ0) is 22.0. The van der Waals surface area contributed by atoms with Crippen molar-refractivity contribution in [1.29, 1.82) is 0 Å². The molecule has 2 aromatic heterocycles. The van der Waals surface area contributed by atoms with E-state index in [1.165, 1.54) is 16.9 Å². The van der Waals surface area contributed by atoms with Crippen LogP contribution in [0.1, 0.15) is 27.8 Å². The summed E-state index contributed by atoms with van der Waals surface area (Å²) in [6.45, 7) is 6.57. The molecular formula is C25H25N3O2S. The molecule has 0 N–H and O–H groups in total. The lowest BCUT2D eigenvalue weighted by atomic mass is 10.0. The molecule has 0 saturated carbocycles. The average molecular weight is 432 g/mol. The van der Waals surface area contributed by atoms with Gasteiger partial charge >= 0.3 is 0 Å². The van der Waals surface area contributed by atoms with Crippen LogP contribution in [0.15, 0.2) is 54.9 Å². The predicted molar refractivity (Wildman–Crippen MR) is 126 cm³/mol. The molecule has 0 aliphatic carbocycles. The number of aryl methyl sites for hydroxylation is 3. The van der Waals surface area contributed by atoms with Gasteiger partial charge in [0.15, 0.2) is 5.13 Å². The van der Waals surface area contributed by atoms with E-state index in [0.717, 1.165) is 32.5 Å². The quantitative estimate of drug-likeness (QED) is 0.410. The van der Waals surface area contributed by atoms with Crippen molar-refractivity contribution < 1.29 is 9.53 Å². The molecule has 0 unspecified atom stereocenters. The van der Waals surface area contributed by atoms with E-state index >= 15 is 0 Å². The van der Waals surface area contributed by atoms with Gasteiger partial charge in [0.2, 0.25) is 5.91 Å². The fraction of sp³-hybridized carbons (Fsp3) is 0.240. The highest BCUT2D eigenvalue weighted by Gasteiger charge is 2.23. The van der Waals surface area contributed by atoms with Gasteiger partial charge in [-0.3, -0.25) is 14.7 Å². The second-order valence-corrected chi connectivity index (χ2v) is 8.68. The lowest BCUT2D eigenvalue weighted by Gasteiger charge is -2.20. The highest BCUT2D eigenvalue weighted by molar-refractivity contribution is 7.22. The fourth-order valence-electron chi connectivity index (χ4n) is 3.62. The van der Waals surface area contributed by atoms with Crippen molar-refractivity contribution in [1.82, 2.24) is 9.97 Å². The summed E-state index contributed by atoms with van der Waals surface area (Å²) in [6, 6.07) is 14.0. The monoisotopic (exact) mass is 431 g/mol. The number of ether oxygens (including phenoxy) is 1. The number of nitrogens with zero attached hydrogens (tertiary/aromatic N) is 3. The molecule has 6 heteroatoms. The number of benzene rings is 2. The molecule has 2 aromatic carbocycles. The highest BCUT2D eigenvalue weighted by Crippen LogP contribution is 2.37. The zero-order valence-electron chi connectivity index (χ0n) is 18.2. The molecule has 31 heavy (non-hydrogen) atoms. The van der Waals surface area contributed by atoms with E-state index in [4.69, 9.17) is 9.72 Å². The fourth-order valence-corrected chi connectivity index (χ4v) is 4.69. The molecule has 1 amide bonds. The molecule has 5 nitrogen and oxygen atoms in total. The normalized spacial score (nSPS) is 11.0. The van der Waals surface area contributed by atoms with Gasteiger partial charge in [-0.1, -0.05) is 47.2 Å². The van der Waals surface area contributed by atoms with Gasteiger partial charge in [0.05, 0.1) is 24.8 Å². The van der Waals surface area contributed by atoms with Crippen molar-refractivity contribution in [3.8, 4) is 5.75 Å². The average Bonchev–Trinajstić information content (AvgIpc) is 3.21. The van der Waals surface area contributed by atoms with Crippen LogP contribution in [-0.2, 0) is 17.8 Å². The Bertz CT molecular complexity index is 1230. The van der Waals surface area contributed by atoms with E-state index in [9.17, 15) is 4.79 Å². The Morgan fingerprint density at radius 3 is 2.65 bits per heavy atom. The third kappa shape index (κ3) is 4.44. The van der Waals surface area contributed by atoms with Crippen LogP contribution in [-0.4, -0.2) is 23.0 Å². The summed E-state index contributed by atoms with van der Waals surface area (Å²) in [5.41, 5.74) is 6.20. The van der Waals surface area contributed by atoms with Gasteiger partial charge in [-0.25, -0.2) is 4.98 Å². The number of hydrogen-bond acceptors (Lipinski definition) is 5. The smallest absolute Gasteiger partial charge is 0.233 e. The van der Waals surface area contributed by atoms with E-state index in [-0.39, 0.29) is 5.91 Å². The van der Waals surface area contributed by atoms with E-state index in [2.05, 4.69) is 18.0 Å². The van der Waals surface area contributed by atoms with Gasteiger partial charge in [-0.05, 0) is 55.2 Å². The van der Waals surface area contributed by atoms with Gasteiger partial charge < -0.3 is 4.74 Å². The molecule has 0 atom stereocenters. The minimum atomic E-state index is 0.00600. The maximum atomic E-state index is 13.5. The molecule has 2 heterocycles. The topological polar surface area (TPSA) is 55.3 Å². The first-order chi connectivity index (χ1) is 15.0. The number of fused-ring (bicyclic) bond motifs is 1. The number of rotatable bonds is 6. The Kier molecular flexibility index (Phi) is 6.00. The molecule has 4 rings (SSSR count). The van der Waals surface area contributed by atoms with Gasteiger partial charge in [-0.15, -0.1) is 0 Å².